The smallest absolute Gasteiger partial charge is 0.254 e. The van der Waals surface area contributed by atoms with Crippen LogP contribution in [0, 0.1) is 0 Å². The Morgan fingerprint density at radius 2 is 1.72 bits per heavy atom. The Hall–Kier alpha value is -2.85. The average Bonchev–Trinajstić information content (AvgIpc) is 2.61. The van der Waals surface area contributed by atoms with Gasteiger partial charge in [-0.3, -0.25) is 9.59 Å². The van der Waals surface area contributed by atoms with Crippen LogP contribution in [0.4, 0.5) is 5.69 Å². The lowest BCUT2D eigenvalue weighted by Crippen LogP contribution is -2.34. The summed E-state index contributed by atoms with van der Waals surface area (Å²) in [6, 6.07) is 20.2. The van der Waals surface area contributed by atoms with Crippen molar-refractivity contribution in [3.63, 3.8) is 0 Å². The molecule has 3 aromatic rings. The lowest BCUT2D eigenvalue weighted by molar-refractivity contribution is -0.116. The molecule has 25 heavy (non-hydrogen) atoms. The van der Waals surface area contributed by atoms with Gasteiger partial charge in [-0.05, 0) is 29.7 Å². The van der Waals surface area contributed by atoms with E-state index in [0.29, 0.717) is 10.6 Å². The van der Waals surface area contributed by atoms with Gasteiger partial charge in [0, 0.05) is 28.7 Å². The number of likely N-dealkylation sites (N-methyl/N-ethyl adjacent to an activating group) is 1. The minimum atomic E-state index is -0.255. The minimum Gasteiger partial charge on any atom is -0.332 e. The highest BCUT2D eigenvalue weighted by atomic mass is 35.5. The number of fused-ring (bicyclic) bond motifs is 1. The number of nitrogens with zero attached hydrogens (tertiary/aromatic N) is 1. The second kappa shape index (κ2) is 7.36. The van der Waals surface area contributed by atoms with E-state index in [9.17, 15) is 9.59 Å². The highest BCUT2D eigenvalue weighted by Crippen LogP contribution is 2.22. The van der Waals surface area contributed by atoms with Gasteiger partial charge in [-0.1, -0.05) is 54.1 Å². The van der Waals surface area contributed by atoms with Crippen molar-refractivity contribution in [1.82, 2.24) is 4.90 Å². The van der Waals surface area contributed by atoms with Gasteiger partial charge in [-0.15, -0.1) is 0 Å². The molecular weight excluding hydrogens is 336 g/mol. The summed E-state index contributed by atoms with van der Waals surface area (Å²) in [7, 11) is 1.59. The molecule has 0 heterocycles. The van der Waals surface area contributed by atoms with E-state index in [4.69, 9.17) is 11.6 Å². The Kier molecular flexibility index (Phi) is 5.00. The highest BCUT2D eigenvalue weighted by Gasteiger charge is 2.15. The molecule has 0 spiro atoms. The summed E-state index contributed by atoms with van der Waals surface area (Å²) < 4.78 is 0. The van der Waals surface area contributed by atoms with E-state index in [0.717, 1.165) is 16.5 Å². The third-order valence-electron chi connectivity index (χ3n) is 3.86. The maximum absolute atomic E-state index is 12.4. The summed E-state index contributed by atoms with van der Waals surface area (Å²) >= 11 is 5.91. The first-order chi connectivity index (χ1) is 12.0. The lowest BCUT2D eigenvalue weighted by atomic mass is 10.1. The summed E-state index contributed by atoms with van der Waals surface area (Å²) in [5.41, 5.74) is 1.18. The molecule has 0 aliphatic heterocycles. The third-order valence-corrected chi connectivity index (χ3v) is 4.10. The fraction of sp³-hybridized carbons (Fsp3) is 0.100. The van der Waals surface area contributed by atoms with Crippen molar-refractivity contribution in [2.45, 2.75) is 0 Å². The third kappa shape index (κ3) is 3.98. The van der Waals surface area contributed by atoms with Crippen LogP contribution in [0.15, 0.2) is 66.7 Å². The molecule has 4 nitrogen and oxygen atoms in total. The van der Waals surface area contributed by atoms with Crippen molar-refractivity contribution in [3.8, 4) is 0 Å². The fourth-order valence-corrected chi connectivity index (χ4v) is 2.84. The molecule has 0 atom stereocenters. The van der Waals surface area contributed by atoms with Crippen molar-refractivity contribution < 1.29 is 9.59 Å². The molecule has 0 saturated carbocycles. The second-order valence-electron chi connectivity index (χ2n) is 5.75. The van der Waals surface area contributed by atoms with Gasteiger partial charge in [0.2, 0.25) is 5.91 Å². The number of rotatable bonds is 4. The van der Waals surface area contributed by atoms with Gasteiger partial charge >= 0.3 is 0 Å². The number of anilines is 1. The highest BCUT2D eigenvalue weighted by molar-refractivity contribution is 6.31. The van der Waals surface area contributed by atoms with E-state index in [1.54, 1.807) is 31.3 Å². The van der Waals surface area contributed by atoms with Crippen LogP contribution in [0.3, 0.4) is 0 Å². The maximum Gasteiger partial charge on any atom is 0.254 e. The molecule has 0 unspecified atom stereocenters. The zero-order chi connectivity index (χ0) is 17.8. The van der Waals surface area contributed by atoms with Crippen molar-refractivity contribution in [1.29, 1.82) is 0 Å². The number of benzene rings is 3. The summed E-state index contributed by atoms with van der Waals surface area (Å²) in [6.07, 6.45) is 0. The topological polar surface area (TPSA) is 49.4 Å². The monoisotopic (exact) mass is 352 g/mol. The molecule has 0 radical (unpaired) electrons. The quantitative estimate of drug-likeness (QED) is 0.764. The Labute approximate surface area is 151 Å². The van der Waals surface area contributed by atoms with E-state index in [1.165, 1.54) is 4.90 Å². The van der Waals surface area contributed by atoms with E-state index < -0.39 is 0 Å². The van der Waals surface area contributed by atoms with Crippen molar-refractivity contribution >= 4 is 39.9 Å². The first-order valence-corrected chi connectivity index (χ1v) is 8.21. The molecule has 1 N–H and O–H groups in total. The standard InChI is InChI=1S/C20H17ClN2O2/c1-23(20(25)15-8-4-9-16(21)12-15)13-19(24)22-18-11-5-7-14-6-2-3-10-17(14)18/h2-12H,13H2,1H3,(H,22,24). The van der Waals surface area contributed by atoms with Gasteiger partial charge in [0.05, 0.1) is 6.54 Å². The van der Waals surface area contributed by atoms with Crippen molar-refractivity contribution in [2.24, 2.45) is 0 Å². The average molecular weight is 353 g/mol. The van der Waals surface area contributed by atoms with Gasteiger partial charge < -0.3 is 10.2 Å². The normalized spacial score (nSPS) is 10.5. The van der Waals surface area contributed by atoms with E-state index in [-0.39, 0.29) is 18.4 Å². The van der Waals surface area contributed by atoms with Crippen LogP contribution in [-0.4, -0.2) is 30.3 Å². The molecule has 3 rings (SSSR count). The number of hydrogen-bond donors (Lipinski definition) is 1. The molecule has 0 aliphatic rings. The Morgan fingerprint density at radius 1 is 1.00 bits per heavy atom. The number of halogens is 1. The molecule has 5 heteroatoms. The first-order valence-electron chi connectivity index (χ1n) is 7.83. The predicted molar refractivity (Wildman–Crippen MR) is 101 cm³/mol. The van der Waals surface area contributed by atoms with Crippen LogP contribution in [0.1, 0.15) is 10.4 Å². The van der Waals surface area contributed by atoms with Gasteiger partial charge in [-0.2, -0.15) is 0 Å². The molecule has 126 valence electrons. The van der Waals surface area contributed by atoms with Gasteiger partial charge in [-0.25, -0.2) is 0 Å². The number of nitrogens with one attached hydrogen (secondary N) is 1. The Balaban J connectivity index is 1.70. The summed E-state index contributed by atoms with van der Waals surface area (Å²) in [4.78, 5) is 26.1. The lowest BCUT2D eigenvalue weighted by Gasteiger charge is -2.17. The number of amides is 2. The van der Waals surface area contributed by atoms with Crippen molar-refractivity contribution in [2.75, 3.05) is 18.9 Å². The minimum absolute atomic E-state index is 0.0471. The molecular formula is C20H17ClN2O2. The molecule has 2 amide bonds. The van der Waals surface area contributed by atoms with Crippen LogP contribution in [-0.2, 0) is 4.79 Å². The van der Waals surface area contributed by atoms with E-state index in [2.05, 4.69) is 5.32 Å². The van der Waals surface area contributed by atoms with E-state index >= 15 is 0 Å². The zero-order valence-electron chi connectivity index (χ0n) is 13.7. The largest absolute Gasteiger partial charge is 0.332 e. The fourth-order valence-electron chi connectivity index (χ4n) is 2.65. The van der Waals surface area contributed by atoms with Gasteiger partial charge in [0.15, 0.2) is 0 Å². The molecule has 0 saturated heterocycles. The Morgan fingerprint density at radius 3 is 2.52 bits per heavy atom. The van der Waals surface area contributed by atoms with Crippen LogP contribution < -0.4 is 5.32 Å². The summed E-state index contributed by atoms with van der Waals surface area (Å²) in [6.45, 7) is -0.0471. The van der Waals surface area contributed by atoms with Crippen molar-refractivity contribution in [3.05, 3.63) is 77.3 Å². The molecule has 0 aliphatic carbocycles. The zero-order valence-corrected chi connectivity index (χ0v) is 14.5. The molecule has 0 bridgehead atoms. The molecule has 3 aromatic carbocycles. The number of hydrogen-bond acceptors (Lipinski definition) is 2. The van der Waals surface area contributed by atoms with Crippen LogP contribution in [0.5, 0.6) is 0 Å². The number of carbonyl (C=O) groups excluding carboxylic acids is 2. The van der Waals surface area contributed by atoms with Crippen LogP contribution in [0.25, 0.3) is 10.8 Å². The van der Waals surface area contributed by atoms with Gasteiger partial charge in [0.1, 0.15) is 0 Å². The van der Waals surface area contributed by atoms with E-state index in [1.807, 2.05) is 42.5 Å². The second-order valence-corrected chi connectivity index (χ2v) is 6.18. The van der Waals surface area contributed by atoms with Gasteiger partial charge in [0.25, 0.3) is 5.91 Å². The first kappa shape index (κ1) is 17.0. The Bertz CT molecular complexity index is 934. The SMILES string of the molecule is CN(CC(=O)Nc1cccc2ccccc12)C(=O)c1cccc(Cl)c1. The van der Waals surface area contributed by atoms with Crippen LogP contribution >= 0.6 is 11.6 Å². The number of carbonyl (C=O) groups is 2. The summed E-state index contributed by atoms with van der Waals surface area (Å²) in [5, 5.41) is 5.37. The molecule has 0 fully saturated rings. The summed E-state index contributed by atoms with van der Waals surface area (Å²) in [5.74, 6) is -0.509. The predicted octanol–water partition coefficient (Wildman–Crippen LogP) is 4.20. The molecule has 0 aromatic heterocycles. The van der Waals surface area contributed by atoms with Crippen LogP contribution in [0.2, 0.25) is 5.02 Å². The maximum atomic E-state index is 12.4.